The molecule has 1 heterocycles. The average Bonchev–Trinajstić information content (AvgIpc) is 2.58. The summed E-state index contributed by atoms with van der Waals surface area (Å²) in [7, 11) is 0. The van der Waals surface area contributed by atoms with Crippen LogP contribution in [0.5, 0.6) is 0 Å². The number of hydrogen-bond donors (Lipinski definition) is 1. The maximum Gasteiger partial charge on any atom is 0.407 e. The monoisotopic (exact) mass is 284 g/mol. The van der Waals surface area contributed by atoms with Crippen molar-refractivity contribution in [2.24, 2.45) is 0 Å². The maximum atomic E-state index is 11.4. The Morgan fingerprint density at radius 3 is 2.25 bits per heavy atom. The lowest BCUT2D eigenvalue weighted by molar-refractivity contribution is -0.196. The molecule has 8 nitrogen and oxygen atoms in total. The van der Waals surface area contributed by atoms with Gasteiger partial charge in [-0.3, -0.25) is 9.59 Å². The molecule has 0 atom stereocenters. The second kappa shape index (κ2) is 6.18. The third kappa shape index (κ3) is 5.09. The molecule has 0 bridgehead atoms. The molecular formula is C12H16N2O6. The minimum atomic E-state index is -0.813. The predicted octanol–water partition coefficient (Wildman–Crippen LogP) is 0.284. The molecule has 0 fully saturated rings. The van der Waals surface area contributed by atoms with Crippen LogP contribution in [0.4, 0.5) is 4.79 Å². The van der Waals surface area contributed by atoms with Crippen molar-refractivity contribution in [2.45, 2.75) is 32.8 Å². The van der Waals surface area contributed by atoms with E-state index in [9.17, 15) is 19.2 Å². The van der Waals surface area contributed by atoms with E-state index in [0.29, 0.717) is 5.06 Å². The molecule has 0 saturated carbocycles. The molecule has 110 valence electrons. The van der Waals surface area contributed by atoms with Crippen molar-refractivity contribution >= 4 is 23.9 Å². The molecule has 1 N–H and O–H groups in total. The van der Waals surface area contributed by atoms with E-state index in [2.05, 4.69) is 10.2 Å². The molecule has 0 aromatic carbocycles. The fourth-order valence-electron chi connectivity index (χ4n) is 1.20. The van der Waals surface area contributed by atoms with Crippen molar-refractivity contribution in [3.05, 3.63) is 12.2 Å². The molecule has 20 heavy (non-hydrogen) atoms. The maximum absolute atomic E-state index is 11.4. The van der Waals surface area contributed by atoms with Crippen molar-refractivity contribution in [1.82, 2.24) is 10.4 Å². The van der Waals surface area contributed by atoms with Gasteiger partial charge in [-0.25, -0.2) is 9.59 Å². The Balaban J connectivity index is 2.26. The first kappa shape index (κ1) is 15.7. The Morgan fingerprint density at radius 2 is 1.75 bits per heavy atom. The minimum absolute atomic E-state index is 0.0304. The van der Waals surface area contributed by atoms with E-state index in [-0.39, 0.29) is 13.0 Å². The Morgan fingerprint density at radius 1 is 1.20 bits per heavy atom. The zero-order valence-electron chi connectivity index (χ0n) is 11.5. The first-order chi connectivity index (χ1) is 9.19. The van der Waals surface area contributed by atoms with Crippen LogP contribution < -0.4 is 5.32 Å². The van der Waals surface area contributed by atoms with Gasteiger partial charge >= 0.3 is 12.1 Å². The van der Waals surface area contributed by atoms with E-state index in [4.69, 9.17) is 4.74 Å². The number of carbonyl (C=O) groups is 4. The lowest BCUT2D eigenvalue weighted by Gasteiger charge is -2.19. The summed E-state index contributed by atoms with van der Waals surface area (Å²) in [5, 5.41) is 2.71. The molecule has 1 rings (SSSR count). The number of ether oxygens (including phenoxy) is 1. The van der Waals surface area contributed by atoms with Crippen LogP contribution >= 0.6 is 0 Å². The third-order valence-electron chi connectivity index (χ3n) is 1.96. The number of amides is 3. The van der Waals surface area contributed by atoms with E-state index < -0.39 is 29.5 Å². The Labute approximate surface area is 115 Å². The largest absolute Gasteiger partial charge is 0.444 e. The smallest absolute Gasteiger partial charge is 0.407 e. The normalized spacial score (nSPS) is 14.4. The zero-order valence-corrected chi connectivity index (χ0v) is 11.5. The standard InChI is InChI=1S/C12H16N2O6/c1-12(2,3)19-11(18)13-7-6-10(17)20-14-8(15)4-5-9(14)16/h4-5H,6-7H2,1-3H3,(H,13,18). The molecule has 0 saturated heterocycles. The van der Waals surface area contributed by atoms with Crippen LogP contribution in [0.25, 0.3) is 0 Å². The van der Waals surface area contributed by atoms with E-state index in [1.807, 2.05) is 0 Å². The highest BCUT2D eigenvalue weighted by Gasteiger charge is 2.27. The highest BCUT2D eigenvalue weighted by Crippen LogP contribution is 2.07. The third-order valence-corrected chi connectivity index (χ3v) is 1.96. The van der Waals surface area contributed by atoms with Crippen molar-refractivity contribution < 1.29 is 28.8 Å². The first-order valence-electron chi connectivity index (χ1n) is 5.93. The van der Waals surface area contributed by atoms with Gasteiger partial charge in [0.1, 0.15) is 5.60 Å². The summed E-state index contributed by atoms with van der Waals surface area (Å²) in [4.78, 5) is 49.4. The number of rotatable bonds is 4. The summed E-state index contributed by atoms with van der Waals surface area (Å²) >= 11 is 0. The van der Waals surface area contributed by atoms with Crippen molar-refractivity contribution in [3.63, 3.8) is 0 Å². The Kier molecular flexibility index (Phi) is 4.84. The topological polar surface area (TPSA) is 102 Å². The highest BCUT2D eigenvalue weighted by atomic mass is 16.7. The van der Waals surface area contributed by atoms with Crippen LogP contribution in [0, 0.1) is 0 Å². The predicted molar refractivity (Wildman–Crippen MR) is 65.9 cm³/mol. The number of imide groups is 1. The van der Waals surface area contributed by atoms with Crippen LogP contribution in [-0.2, 0) is 24.0 Å². The van der Waals surface area contributed by atoms with Crippen molar-refractivity contribution in [1.29, 1.82) is 0 Å². The van der Waals surface area contributed by atoms with Gasteiger partial charge in [0.05, 0.1) is 6.42 Å². The van der Waals surface area contributed by atoms with Gasteiger partial charge in [-0.15, -0.1) is 0 Å². The molecule has 0 aliphatic carbocycles. The van der Waals surface area contributed by atoms with Crippen LogP contribution in [0.3, 0.4) is 0 Å². The van der Waals surface area contributed by atoms with Crippen molar-refractivity contribution in [3.8, 4) is 0 Å². The summed E-state index contributed by atoms with van der Waals surface area (Å²) in [5.41, 5.74) is -0.634. The van der Waals surface area contributed by atoms with Gasteiger partial charge in [-0.2, -0.15) is 0 Å². The molecule has 1 aliphatic heterocycles. The van der Waals surface area contributed by atoms with Crippen LogP contribution in [0.1, 0.15) is 27.2 Å². The summed E-state index contributed by atoms with van der Waals surface area (Å²) in [6, 6.07) is 0. The van der Waals surface area contributed by atoms with E-state index >= 15 is 0 Å². The number of hydrogen-bond acceptors (Lipinski definition) is 6. The first-order valence-corrected chi connectivity index (χ1v) is 5.93. The van der Waals surface area contributed by atoms with E-state index in [0.717, 1.165) is 12.2 Å². The number of carbonyl (C=O) groups excluding carboxylic acids is 4. The highest BCUT2D eigenvalue weighted by molar-refractivity contribution is 6.12. The molecular weight excluding hydrogens is 268 g/mol. The number of nitrogens with one attached hydrogen (secondary N) is 1. The number of alkyl carbamates (subject to hydrolysis) is 1. The molecule has 0 spiro atoms. The number of nitrogens with zero attached hydrogens (tertiary/aromatic N) is 1. The van der Waals surface area contributed by atoms with Crippen molar-refractivity contribution in [2.75, 3.05) is 6.54 Å². The Bertz CT molecular complexity index is 445. The molecule has 3 amide bonds. The lowest BCUT2D eigenvalue weighted by atomic mass is 10.2. The van der Waals surface area contributed by atoms with Crippen LogP contribution in [0.15, 0.2) is 12.2 Å². The summed E-state index contributed by atoms with van der Waals surface area (Å²) in [5.74, 6) is -2.25. The molecule has 8 heteroatoms. The molecule has 0 unspecified atom stereocenters. The quantitative estimate of drug-likeness (QED) is 0.744. The van der Waals surface area contributed by atoms with Gasteiger partial charge in [0.15, 0.2) is 0 Å². The van der Waals surface area contributed by atoms with E-state index in [1.165, 1.54) is 0 Å². The Hall–Kier alpha value is -2.38. The summed E-state index contributed by atoms with van der Waals surface area (Å²) in [6.45, 7) is 5.09. The second-order valence-corrected chi connectivity index (χ2v) is 4.95. The van der Waals surface area contributed by atoms with E-state index in [1.54, 1.807) is 20.8 Å². The molecule has 0 aromatic rings. The zero-order chi connectivity index (χ0) is 15.3. The number of hydroxylamine groups is 2. The van der Waals surface area contributed by atoms with Crippen LogP contribution in [-0.4, -0.2) is 41.1 Å². The summed E-state index contributed by atoms with van der Waals surface area (Å²) < 4.78 is 4.96. The van der Waals surface area contributed by atoms with Crippen LogP contribution in [0.2, 0.25) is 0 Å². The van der Waals surface area contributed by atoms with Gasteiger partial charge in [-0.05, 0) is 20.8 Å². The van der Waals surface area contributed by atoms with Gasteiger partial charge in [0.2, 0.25) is 0 Å². The second-order valence-electron chi connectivity index (χ2n) is 4.95. The van der Waals surface area contributed by atoms with Gasteiger partial charge in [0, 0.05) is 18.7 Å². The summed E-state index contributed by atoms with van der Waals surface area (Å²) in [6.07, 6.45) is 1.12. The van der Waals surface area contributed by atoms with Gasteiger partial charge in [0.25, 0.3) is 11.8 Å². The van der Waals surface area contributed by atoms with Gasteiger partial charge < -0.3 is 14.9 Å². The van der Waals surface area contributed by atoms with Gasteiger partial charge in [-0.1, -0.05) is 5.06 Å². The lowest BCUT2D eigenvalue weighted by Crippen LogP contribution is -2.36. The fourth-order valence-corrected chi connectivity index (χ4v) is 1.20. The molecule has 0 radical (unpaired) electrons. The fraction of sp³-hybridized carbons (Fsp3) is 0.500. The molecule has 0 aromatic heterocycles. The molecule has 1 aliphatic rings. The SMILES string of the molecule is CC(C)(C)OC(=O)NCCC(=O)ON1C(=O)C=CC1=O. The minimum Gasteiger partial charge on any atom is -0.444 e. The average molecular weight is 284 g/mol.